The maximum Gasteiger partial charge on any atom is 0.260 e. The van der Waals surface area contributed by atoms with Gasteiger partial charge in [-0.2, -0.15) is 4.31 Å². The van der Waals surface area contributed by atoms with E-state index in [-0.39, 0.29) is 23.2 Å². The van der Waals surface area contributed by atoms with Gasteiger partial charge >= 0.3 is 0 Å². The van der Waals surface area contributed by atoms with E-state index in [0.29, 0.717) is 34.0 Å². The van der Waals surface area contributed by atoms with Gasteiger partial charge in [-0.05, 0) is 54.4 Å². The van der Waals surface area contributed by atoms with Gasteiger partial charge in [-0.1, -0.05) is 61.9 Å². The number of rotatable bonds is 10. The lowest BCUT2D eigenvalue weighted by Gasteiger charge is -2.22. The van der Waals surface area contributed by atoms with E-state index < -0.39 is 10.0 Å². The van der Waals surface area contributed by atoms with Crippen molar-refractivity contribution < 1.29 is 17.6 Å². The molecule has 3 aromatic carbocycles. The Balaban J connectivity index is 1.66. The van der Waals surface area contributed by atoms with Crippen molar-refractivity contribution in [3.05, 3.63) is 89.7 Å². The van der Waals surface area contributed by atoms with E-state index >= 15 is 0 Å². The molecule has 9 heteroatoms. The number of nitrogens with zero attached hydrogens (tertiary/aromatic N) is 3. The average molecular weight is 526 g/mol. The molecule has 0 unspecified atom stereocenters. The van der Waals surface area contributed by atoms with E-state index in [2.05, 4.69) is 4.98 Å². The lowest BCUT2D eigenvalue weighted by Crippen LogP contribution is -2.32. The molecule has 1 heterocycles. The Hall–Kier alpha value is -3.14. The van der Waals surface area contributed by atoms with Gasteiger partial charge in [0.1, 0.15) is 5.82 Å². The predicted octanol–water partition coefficient (Wildman–Crippen LogP) is 6.09. The van der Waals surface area contributed by atoms with Gasteiger partial charge in [0.05, 0.1) is 21.7 Å². The Morgan fingerprint density at radius 3 is 2.39 bits per heavy atom. The van der Waals surface area contributed by atoms with Crippen LogP contribution in [0.3, 0.4) is 0 Å². The van der Waals surface area contributed by atoms with E-state index in [4.69, 9.17) is 0 Å². The number of carbonyl (C=O) groups excluding carboxylic acids is 1. The zero-order valence-electron chi connectivity index (χ0n) is 20.2. The molecule has 188 valence electrons. The summed E-state index contributed by atoms with van der Waals surface area (Å²) >= 11 is 1.24. The van der Waals surface area contributed by atoms with Crippen LogP contribution in [0.5, 0.6) is 0 Å². The minimum absolute atomic E-state index is 0.155. The monoisotopic (exact) mass is 525 g/mol. The minimum Gasteiger partial charge on any atom is -0.279 e. The van der Waals surface area contributed by atoms with Crippen molar-refractivity contribution in [1.29, 1.82) is 0 Å². The lowest BCUT2D eigenvalue weighted by atomic mass is 10.1. The number of aromatic nitrogens is 1. The van der Waals surface area contributed by atoms with E-state index in [1.807, 2.05) is 44.2 Å². The molecule has 0 N–H and O–H groups in total. The number of thiazole rings is 1. The van der Waals surface area contributed by atoms with Crippen molar-refractivity contribution in [2.75, 3.05) is 18.0 Å². The number of carbonyl (C=O) groups is 1. The number of hydrogen-bond acceptors (Lipinski definition) is 5. The van der Waals surface area contributed by atoms with Crippen molar-refractivity contribution in [2.24, 2.45) is 0 Å². The fourth-order valence-corrected chi connectivity index (χ4v) is 6.33. The Labute approximate surface area is 215 Å². The molecular formula is C27H28FN3O3S2. The second-order valence-electron chi connectivity index (χ2n) is 8.36. The Kier molecular flexibility index (Phi) is 8.13. The van der Waals surface area contributed by atoms with Crippen molar-refractivity contribution in [2.45, 2.75) is 38.1 Å². The summed E-state index contributed by atoms with van der Waals surface area (Å²) in [6.07, 6.45) is 1.68. The molecule has 0 saturated heterocycles. The summed E-state index contributed by atoms with van der Waals surface area (Å²) in [6, 6.07) is 19.9. The van der Waals surface area contributed by atoms with Crippen molar-refractivity contribution in [1.82, 2.24) is 9.29 Å². The molecule has 0 spiro atoms. The van der Waals surface area contributed by atoms with Gasteiger partial charge in [-0.25, -0.2) is 17.8 Å². The van der Waals surface area contributed by atoms with Crippen molar-refractivity contribution in [3.63, 3.8) is 0 Å². The predicted molar refractivity (Wildman–Crippen MR) is 142 cm³/mol. The number of unbranched alkanes of at least 4 members (excludes halogenated alkanes) is 1. The standard InChI is InChI=1S/C27H28FN3O3S2/c1-3-5-17-30(4-2)36(33,34)23-14-11-21(12-15-23)26(32)31(19-20-9-7-6-8-10-20)27-29-24-16-13-22(28)18-25(24)35-27/h6-16,18H,3-5,17,19H2,1-2H3. The normalized spacial score (nSPS) is 11.8. The van der Waals surface area contributed by atoms with Crippen LogP contribution in [0.15, 0.2) is 77.7 Å². The first-order valence-electron chi connectivity index (χ1n) is 11.9. The fourth-order valence-electron chi connectivity index (χ4n) is 3.85. The third-order valence-electron chi connectivity index (χ3n) is 5.85. The lowest BCUT2D eigenvalue weighted by molar-refractivity contribution is 0.0985. The van der Waals surface area contributed by atoms with Crippen LogP contribution in [0.4, 0.5) is 9.52 Å². The quantitative estimate of drug-likeness (QED) is 0.251. The summed E-state index contributed by atoms with van der Waals surface area (Å²) in [6.45, 7) is 4.94. The molecule has 0 saturated carbocycles. The number of sulfonamides is 1. The second-order valence-corrected chi connectivity index (χ2v) is 11.3. The fraction of sp³-hybridized carbons (Fsp3) is 0.259. The third-order valence-corrected chi connectivity index (χ3v) is 8.88. The molecule has 36 heavy (non-hydrogen) atoms. The highest BCUT2D eigenvalue weighted by atomic mass is 32.2. The van der Waals surface area contributed by atoms with Gasteiger partial charge in [0, 0.05) is 18.7 Å². The van der Waals surface area contributed by atoms with Crippen LogP contribution in [0.25, 0.3) is 10.2 Å². The van der Waals surface area contributed by atoms with Gasteiger partial charge in [0.25, 0.3) is 5.91 Å². The number of amides is 1. The maximum atomic E-state index is 13.7. The molecule has 0 fully saturated rings. The summed E-state index contributed by atoms with van der Waals surface area (Å²) in [5, 5.41) is 0.442. The molecule has 4 rings (SSSR count). The zero-order chi connectivity index (χ0) is 25.7. The molecule has 0 aliphatic heterocycles. The molecule has 0 radical (unpaired) electrons. The smallest absolute Gasteiger partial charge is 0.260 e. The Morgan fingerprint density at radius 1 is 1.00 bits per heavy atom. The number of hydrogen-bond donors (Lipinski definition) is 0. The number of halogens is 1. The molecule has 6 nitrogen and oxygen atoms in total. The van der Waals surface area contributed by atoms with Gasteiger partial charge in [0.15, 0.2) is 5.13 Å². The van der Waals surface area contributed by atoms with Crippen LogP contribution in [0.1, 0.15) is 42.6 Å². The van der Waals surface area contributed by atoms with E-state index in [9.17, 15) is 17.6 Å². The van der Waals surface area contributed by atoms with Crippen LogP contribution in [-0.4, -0.2) is 36.7 Å². The number of benzene rings is 3. The molecular weight excluding hydrogens is 497 g/mol. The number of fused-ring (bicyclic) bond motifs is 1. The summed E-state index contributed by atoms with van der Waals surface area (Å²) < 4.78 is 42.0. The summed E-state index contributed by atoms with van der Waals surface area (Å²) in [7, 11) is -3.65. The highest BCUT2D eigenvalue weighted by Crippen LogP contribution is 2.31. The average Bonchev–Trinajstić information content (AvgIpc) is 3.31. The van der Waals surface area contributed by atoms with Gasteiger partial charge in [0.2, 0.25) is 10.0 Å². The first kappa shape index (κ1) is 25.9. The largest absolute Gasteiger partial charge is 0.279 e. The first-order chi connectivity index (χ1) is 17.3. The molecule has 1 aromatic heterocycles. The van der Waals surface area contributed by atoms with Crippen LogP contribution >= 0.6 is 11.3 Å². The van der Waals surface area contributed by atoms with Crippen LogP contribution in [0, 0.1) is 5.82 Å². The summed E-state index contributed by atoms with van der Waals surface area (Å²) in [4.78, 5) is 19.9. The Bertz CT molecular complexity index is 1440. The zero-order valence-corrected chi connectivity index (χ0v) is 21.9. The number of anilines is 1. The first-order valence-corrected chi connectivity index (χ1v) is 14.1. The van der Waals surface area contributed by atoms with E-state index in [0.717, 1.165) is 18.4 Å². The van der Waals surface area contributed by atoms with Crippen LogP contribution in [0.2, 0.25) is 0 Å². The minimum atomic E-state index is -3.65. The molecule has 0 aliphatic rings. The van der Waals surface area contributed by atoms with Gasteiger partial charge in [-0.3, -0.25) is 9.69 Å². The van der Waals surface area contributed by atoms with Crippen molar-refractivity contribution >= 4 is 42.6 Å². The highest BCUT2D eigenvalue weighted by molar-refractivity contribution is 7.89. The third kappa shape index (κ3) is 5.64. The molecule has 0 aliphatic carbocycles. The second kappa shape index (κ2) is 11.3. The van der Waals surface area contributed by atoms with Crippen molar-refractivity contribution in [3.8, 4) is 0 Å². The molecule has 1 amide bonds. The topological polar surface area (TPSA) is 70.6 Å². The molecule has 4 aromatic rings. The molecule has 0 atom stereocenters. The summed E-state index contributed by atoms with van der Waals surface area (Å²) in [5.41, 5.74) is 1.85. The van der Waals surface area contributed by atoms with E-state index in [1.165, 1.54) is 52.0 Å². The SMILES string of the molecule is CCCCN(CC)S(=O)(=O)c1ccc(C(=O)N(Cc2ccccc2)c2nc3ccc(F)cc3s2)cc1. The Morgan fingerprint density at radius 2 is 1.72 bits per heavy atom. The van der Waals surface area contributed by atoms with Gasteiger partial charge in [-0.15, -0.1) is 0 Å². The van der Waals surface area contributed by atoms with E-state index in [1.54, 1.807) is 11.0 Å². The maximum absolute atomic E-state index is 13.7. The summed E-state index contributed by atoms with van der Waals surface area (Å²) in [5.74, 6) is -0.684. The molecule has 0 bridgehead atoms. The van der Waals surface area contributed by atoms with Crippen LogP contribution < -0.4 is 4.90 Å². The van der Waals surface area contributed by atoms with Crippen LogP contribution in [-0.2, 0) is 16.6 Å². The highest BCUT2D eigenvalue weighted by Gasteiger charge is 2.25. The van der Waals surface area contributed by atoms with Gasteiger partial charge < -0.3 is 0 Å².